The van der Waals surface area contributed by atoms with E-state index < -0.39 is 119 Å². The van der Waals surface area contributed by atoms with Crippen LogP contribution >= 0.6 is 11.3 Å². The minimum atomic E-state index is -0.727. The maximum absolute atomic E-state index is 9.39. The van der Waals surface area contributed by atoms with Crippen molar-refractivity contribution in [3.63, 3.8) is 0 Å². The SMILES string of the molecule is [2H]c1c([2H])c([2H])c(-c2nc(-c3c([2H])c([2H])c([2H])c([2H])c3[2H])nc(-c3c([2H])c([2H])c(-n4c5ccccc5c5cc6c(cc54)sc4ccccc46)c([2H])c3[2H])n2)c([2H])c1[2H]. The highest BCUT2D eigenvalue weighted by Gasteiger charge is 2.16. The van der Waals surface area contributed by atoms with Crippen LogP contribution in [0.1, 0.15) is 19.2 Å². The Morgan fingerprint density at radius 2 is 1.05 bits per heavy atom. The molecular formula is C39H24N4S. The highest BCUT2D eigenvalue weighted by Crippen LogP contribution is 2.40. The van der Waals surface area contributed by atoms with Crippen molar-refractivity contribution in [1.29, 1.82) is 0 Å². The van der Waals surface area contributed by atoms with Gasteiger partial charge in [0, 0.05) is 53.3 Å². The summed E-state index contributed by atoms with van der Waals surface area (Å²) in [6, 6.07) is 10.1. The summed E-state index contributed by atoms with van der Waals surface area (Å²) in [7, 11) is 0. The standard InChI is InChI=1S/C39H24N4S/c1-3-11-25(12-4-1)37-40-38(26-13-5-2-6-14-26)42-39(41-37)27-19-21-28(22-20-27)43-33-17-9-7-15-29(33)31-23-32-30-16-8-10-18-35(30)44-36(32)24-34(31)43/h1-24H/i1D,2D,3D,4D,5D,6D,11D,12D,13D,14D,19D,20D,21D,22D. The lowest BCUT2D eigenvalue weighted by Crippen LogP contribution is -2.00. The Bertz CT molecular complexity index is 3130. The Balaban J connectivity index is 1.35. The van der Waals surface area contributed by atoms with Gasteiger partial charge in [-0.1, -0.05) is 96.8 Å². The molecule has 0 bridgehead atoms. The molecule has 0 N–H and O–H groups in total. The molecule has 0 amide bonds. The van der Waals surface area contributed by atoms with Crippen molar-refractivity contribution in [2.75, 3.05) is 0 Å². The summed E-state index contributed by atoms with van der Waals surface area (Å²) < 4.78 is 125. The van der Waals surface area contributed by atoms with Crippen LogP contribution in [0.15, 0.2) is 145 Å². The topological polar surface area (TPSA) is 43.6 Å². The van der Waals surface area contributed by atoms with E-state index in [9.17, 15) is 5.48 Å². The summed E-state index contributed by atoms with van der Waals surface area (Å²) in [4.78, 5) is 13.0. The molecule has 0 fully saturated rings. The van der Waals surface area contributed by atoms with E-state index in [1.165, 1.54) is 0 Å². The highest BCUT2D eigenvalue weighted by molar-refractivity contribution is 7.25. The Hall–Kier alpha value is -5.65. The van der Waals surface area contributed by atoms with Crippen LogP contribution in [0.2, 0.25) is 0 Å². The number of hydrogen-bond acceptors (Lipinski definition) is 4. The first kappa shape index (κ1) is 14.7. The number of aromatic nitrogens is 4. The van der Waals surface area contributed by atoms with E-state index in [1.807, 2.05) is 54.6 Å². The number of thiophene rings is 1. The van der Waals surface area contributed by atoms with E-state index in [0.29, 0.717) is 11.0 Å². The maximum atomic E-state index is 9.39. The van der Waals surface area contributed by atoms with Gasteiger partial charge in [-0.25, -0.2) is 15.0 Å². The van der Waals surface area contributed by atoms with Gasteiger partial charge in [0.05, 0.1) is 30.2 Å². The molecule has 0 aliphatic heterocycles. The maximum Gasteiger partial charge on any atom is 0.164 e. The van der Waals surface area contributed by atoms with Gasteiger partial charge in [0.15, 0.2) is 17.5 Å². The molecule has 4 nitrogen and oxygen atoms in total. The molecule has 3 heterocycles. The lowest BCUT2D eigenvalue weighted by Gasteiger charge is -2.11. The van der Waals surface area contributed by atoms with Gasteiger partial charge in [-0.3, -0.25) is 0 Å². The molecule has 0 unspecified atom stereocenters. The number of para-hydroxylation sites is 1. The Kier molecular flexibility index (Phi) is 3.33. The number of fused-ring (bicyclic) bond motifs is 6. The Morgan fingerprint density at radius 3 is 1.70 bits per heavy atom. The van der Waals surface area contributed by atoms with E-state index in [1.54, 1.807) is 15.9 Å². The predicted octanol–water partition coefficient (Wildman–Crippen LogP) is 10.3. The molecule has 206 valence electrons. The van der Waals surface area contributed by atoms with Crippen LogP contribution in [0.25, 0.3) is 81.8 Å². The van der Waals surface area contributed by atoms with E-state index in [4.69, 9.17) is 13.7 Å². The van der Waals surface area contributed by atoms with E-state index >= 15 is 0 Å². The van der Waals surface area contributed by atoms with Gasteiger partial charge in [-0.2, -0.15) is 0 Å². The van der Waals surface area contributed by atoms with E-state index in [0.717, 1.165) is 30.9 Å². The molecule has 0 atom stereocenters. The van der Waals surface area contributed by atoms with Crippen molar-refractivity contribution >= 4 is 53.3 Å². The second-order valence-electron chi connectivity index (χ2n) is 9.85. The fraction of sp³-hybridized carbons (Fsp3) is 0. The third-order valence-electron chi connectivity index (χ3n) is 7.31. The van der Waals surface area contributed by atoms with E-state index in [2.05, 4.69) is 21.0 Å². The average Bonchev–Trinajstić information content (AvgIpc) is 3.74. The normalized spacial score (nSPS) is 16.1. The molecule has 0 spiro atoms. The Morgan fingerprint density at radius 1 is 0.477 bits per heavy atom. The van der Waals surface area contributed by atoms with Crippen molar-refractivity contribution in [3.05, 3.63) is 145 Å². The zero-order valence-electron chi connectivity index (χ0n) is 36.5. The number of nitrogens with zero attached hydrogens (tertiary/aromatic N) is 4. The molecule has 5 heteroatoms. The lowest BCUT2D eigenvalue weighted by atomic mass is 10.1. The third-order valence-corrected chi connectivity index (χ3v) is 8.45. The van der Waals surface area contributed by atoms with Gasteiger partial charge in [-0.05, 0) is 48.4 Å². The van der Waals surface area contributed by atoms with Crippen molar-refractivity contribution in [1.82, 2.24) is 19.5 Å². The third kappa shape index (κ3) is 4.02. The molecule has 0 aliphatic carbocycles. The zero-order valence-corrected chi connectivity index (χ0v) is 23.3. The summed E-state index contributed by atoms with van der Waals surface area (Å²) in [6.45, 7) is 0. The minimum Gasteiger partial charge on any atom is -0.309 e. The molecule has 44 heavy (non-hydrogen) atoms. The summed E-state index contributed by atoms with van der Waals surface area (Å²) in [5.41, 5.74) is -0.311. The second-order valence-corrected chi connectivity index (χ2v) is 10.9. The first-order chi connectivity index (χ1) is 27.6. The van der Waals surface area contributed by atoms with Gasteiger partial charge in [0.1, 0.15) is 0 Å². The summed E-state index contributed by atoms with van der Waals surface area (Å²) in [5, 5.41) is 3.76. The van der Waals surface area contributed by atoms with Crippen molar-refractivity contribution in [3.8, 4) is 39.9 Å². The average molecular weight is 595 g/mol. The number of hydrogen-bond donors (Lipinski definition) is 0. The molecule has 0 saturated heterocycles. The van der Waals surface area contributed by atoms with Crippen molar-refractivity contribution in [2.24, 2.45) is 0 Å². The zero-order chi connectivity index (χ0) is 41.2. The van der Waals surface area contributed by atoms with Crippen LogP contribution in [-0.2, 0) is 0 Å². The smallest absolute Gasteiger partial charge is 0.164 e. The summed E-state index contributed by atoms with van der Waals surface area (Å²) >= 11 is 1.59. The molecule has 0 radical (unpaired) electrons. The fourth-order valence-corrected chi connectivity index (χ4v) is 6.51. The lowest BCUT2D eigenvalue weighted by molar-refractivity contribution is 1.07. The van der Waals surface area contributed by atoms with Crippen LogP contribution in [0.3, 0.4) is 0 Å². The first-order valence-corrected chi connectivity index (χ1v) is 14.3. The van der Waals surface area contributed by atoms with Crippen molar-refractivity contribution in [2.45, 2.75) is 0 Å². The number of rotatable bonds is 4. The second kappa shape index (κ2) is 9.97. The highest BCUT2D eigenvalue weighted by atomic mass is 32.1. The van der Waals surface area contributed by atoms with E-state index in [-0.39, 0.29) is 5.69 Å². The molecule has 0 saturated carbocycles. The molecule has 3 aromatic heterocycles. The fourth-order valence-electron chi connectivity index (χ4n) is 5.39. The minimum absolute atomic E-state index is 0.0730. The first-order valence-electron chi connectivity index (χ1n) is 20.5. The largest absolute Gasteiger partial charge is 0.309 e. The van der Waals surface area contributed by atoms with Gasteiger partial charge >= 0.3 is 0 Å². The summed E-state index contributed by atoms with van der Waals surface area (Å²) in [6.07, 6.45) is 0. The number of benzene rings is 6. The van der Waals surface area contributed by atoms with Crippen LogP contribution in [0.4, 0.5) is 0 Å². The van der Waals surface area contributed by atoms with Gasteiger partial charge in [0.25, 0.3) is 0 Å². The quantitative estimate of drug-likeness (QED) is 0.204. The Labute approximate surface area is 277 Å². The molecular weight excluding hydrogens is 557 g/mol. The van der Waals surface area contributed by atoms with Gasteiger partial charge in [0.2, 0.25) is 0 Å². The van der Waals surface area contributed by atoms with Crippen LogP contribution < -0.4 is 0 Å². The van der Waals surface area contributed by atoms with Crippen molar-refractivity contribution < 1.29 is 19.2 Å². The molecule has 6 aromatic carbocycles. The summed E-state index contributed by atoms with van der Waals surface area (Å²) in [5.74, 6) is -1.73. The van der Waals surface area contributed by atoms with Gasteiger partial charge in [-0.15, -0.1) is 11.3 Å². The molecule has 9 aromatic rings. The predicted molar refractivity (Wildman–Crippen MR) is 183 cm³/mol. The van der Waals surface area contributed by atoms with Crippen LogP contribution in [0, 0.1) is 0 Å². The van der Waals surface area contributed by atoms with Gasteiger partial charge < -0.3 is 4.57 Å². The molecule has 9 rings (SSSR count). The van der Waals surface area contributed by atoms with Crippen LogP contribution in [-0.4, -0.2) is 19.5 Å². The monoisotopic (exact) mass is 594 g/mol. The molecule has 0 aliphatic rings. The van der Waals surface area contributed by atoms with Crippen LogP contribution in [0.5, 0.6) is 0 Å².